The molecule has 5 heteroatoms. The highest BCUT2D eigenvalue weighted by atomic mass is 15.0. The third kappa shape index (κ3) is 3.34. The van der Waals surface area contributed by atoms with Gasteiger partial charge in [-0.3, -0.25) is 9.97 Å². The normalized spacial score (nSPS) is 10.6. The van der Waals surface area contributed by atoms with Crippen LogP contribution in [-0.2, 0) is 6.54 Å². The number of aromatic nitrogens is 4. The standard InChI is InChI=1S/C18H19N5/c1-12-9-20-8-6-15(12)11-21-17-13(2)14(3)22-18(23-17)16-5-4-7-19-10-16/h4-10H,11H2,1-3H3,(H,21,22,23). The Labute approximate surface area is 135 Å². The molecule has 0 aliphatic rings. The molecule has 0 unspecified atom stereocenters. The van der Waals surface area contributed by atoms with Gasteiger partial charge in [-0.15, -0.1) is 0 Å². The molecule has 3 heterocycles. The SMILES string of the molecule is Cc1cnccc1CNc1nc(-c2cccnc2)nc(C)c1C. The van der Waals surface area contributed by atoms with Gasteiger partial charge in [0, 0.05) is 48.2 Å². The predicted octanol–water partition coefficient (Wildman–Crippen LogP) is 3.47. The average molecular weight is 305 g/mol. The van der Waals surface area contributed by atoms with Gasteiger partial charge in [0.2, 0.25) is 0 Å². The van der Waals surface area contributed by atoms with Crippen molar-refractivity contribution in [1.82, 2.24) is 19.9 Å². The summed E-state index contributed by atoms with van der Waals surface area (Å²) < 4.78 is 0. The molecule has 0 fully saturated rings. The summed E-state index contributed by atoms with van der Waals surface area (Å²) in [6, 6.07) is 5.88. The van der Waals surface area contributed by atoms with Crippen molar-refractivity contribution in [2.24, 2.45) is 0 Å². The van der Waals surface area contributed by atoms with Crippen LogP contribution >= 0.6 is 0 Å². The maximum Gasteiger partial charge on any atom is 0.163 e. The van der Waals surface area contributed by atoms with E-state index in [1.54, 1.807) is 12.4 Å². The van der Waals surface area contributed by atoms with Crippen LogP contribution in [0.15, 0.2) is 43.0 Å². The van der Waals surface area contributed by atoms with Gasteiger partial charge in [-0.25, -0.2) is 9.97 Å². The molecule has 1 N–H and O–H groups in total. The first-order valence-electron chi connectivity index (χ1n) is 7.54. The van der Waals surface area contributed by atoms with Crippen molar-refractivity contribution in [1.29, 1.82) is 0 Å². The molecule has 0 saturated heterocycles. The van der Waals surface area contributed by atoms with Crippen molar-refractivity contribution < 1.29 is 0 Å². The summed E-state index contributed by atoms with van der Waals surface area (Å²) in [5.41, 5.74) is 5.31. The van der Waals surface area contributed by atoms with E-state index in [0.29, 0.717) is 12.4 Å². The maximum absolute atomic E-state index is 4.67. The highest BCUT2D eigenvalue weighted by Gasteiger charge is 2.10. The molecule has 23 heavy (non-hydrogen) atoms. The summed E-state index contributed by atoms with van der Waals surface area (Å²) in [4.78, 5) is 17.5. The summed E-state index contributed by atoms with van der Waals surface area (Å²) in [5, 5.41) is 3.42. The Hall–Kier alpha value is -2.82. The van der Waals surface area contributed by atoms with E-state index in [-0.39, 0.29) is 0 Å². The summed E-state index contributed by atoms with van der Waals surface area (Å²) in [5.74, 6) is 1.54. The lowest BCUT2D eigenvalue weighted by Gasteiger charge is -2.13. The van der Waals surface area contributed by atoms with Crippen LogP contribution in [0.4, 0.5) is 5.82 Å². The Morgan fingerprint density at radius 1 is 0.957 bits per heavy atom. The number of anilines is 1. The number of nitrogens with zero attached hydrogens (tertiary/aromatic N) is 4. The zero-order chi connectivity index (χ0) is 16.2. The maximum atomic E-state index is 4.67. The lowest BCUT2D eigenvalue weighted by molar-refractivity contribution is 1.02. The molecular formula is C18H19N5. The second-order valence-electron chi connectivity index (χ2n) is 5.50. The van der Waals surface area contributed by atoms with Gasteiger partial charge < -0.3 is 5.32 Å². The molecule has 0 aliphatic carbocycles. The smallest absolute Gasteiger partial charge is 0.163 e. The fourth-order valence-electron chi connectivity index (χ4n) is 2.30. The van der Waals surface area contributed by atoms with Crippen LogP contribution in [0.5, 0.6) is 0 Å². The van der Waals surface area contributed by atoms with Gasteiger partial charge in [0.15, 0.2) is 5.82 Å². The van der Waals surface area contributed by atoms with E-state index < -0.39 is 0 Å². The van der Waals surface area contributed by atoms with Crippen molar-refractivity contribution in [3.8, 4) is 11.4 Å². The predicted molar refractivity (Wildman–Crippen MR) is 91.0 cm³/mol. The third-order valence-corrected chi connectivity index (χ3v) is 3.89. The third-order valence-electron chi connectivity index (χ3n) is 3.89. The molecule has 116 valence electrons. The minimum Gasteiger partial charge on any atom is -0.366 e. The summed E-state index contributed by atoms with van der Waals surface area (Å²) in [7, 11) is 0. The molecule has 0 radical (unpaired) electrons. The summed E-state index contributed by atoms with van der Waals surface area (Å²) in [6.45, 7) is 6.80. The number of aryl methyl sites for hydroxylation is 2. The van der Waals surface area contributed by atoms with Crippen molar-refractivity contribution in [2.75, 3.05) is 5.32 Å². The molecule has 5 nitrogen and oxygen atoms in total. The van der Waals surface area contributed by atoms with Crippen LogP contribution in [0.25, 0.3) is 11.4 Å². The first-order chi connectivity index (χ1) is 11.1. The highest BCUT2D eigenvalue weighted by Crippen LogP contribution is 2.21. The second kappa shape index (κ2) is 6.52. The van der Waals surface area contributed by atoms with Crippen molar-refractivity contribution in [3.63, 3.8) is 0 Å². The Morgan fingerprint density at radius 3 is 2.52 bits per heavy atom. The van der Waals surface area contributed by atoms with Crippen LogP contribution in [0.3, 0.4) is 0 Å². The molecule has 0 amide bonds. The first kappa shape index (κ1) is 15.1. The minimum absolute atomic E-state index is 0.690. The fraction of sp³-hybridized carbons (Fsp3) is 0.222. The van der Waals surface area contributed by atoms with Gasteiger partial charge >= 0.3 is 0 Å². The molecule has 0 aromatic carbocycles. The minimum atomic E-state index is 0.690. The lowest BCUT2D eigenvalue weighted by atomic mass is 10.1. The summed E-state index contributed by atoms with van der Waals surface area (Å²) >= 11 is 0. The first-order valence-corrected chi connectivity index (χ1v) is 7.54. The van der Waals surface area contributed by atoms with Crippen LogP contribution in [0, 0.1) is 20.8 Å². The zero-order valence-electron chi connectivity index (χ0n) is 13.5. The van der Waals surface area contributed by atoms with E-state index in [2.05, 4.69) is 32.2 Å². The van der Waals surface area contributed by atoms with E-state index in [1.807, 2.05) is 44.4 Å². The van der Waals surface area contributed by atoms with Gasteiger partial charge in [0.1, 0.15) is 5.82 Å². The van der Waals surface area contributed by atoms with Gasteiger partial charge in [-0.1, -0.05) is 0 Å². The number of nitrogens with one attached hydrogen (secondary N) is 1. The van der Waals surface area contributed by atoms with E-state index in [0.717, 1.165) is 28.2 Å². The van der Waals surface area contributed by atoms with Crippen LogP contribution < -0.4 is 5.32 Å². The molecular weight excluding hydrogens is 286 g/mol. The molecule has 0 atom stereocenters. The van der Waals surface area contributed by atoms with Crippen molar-refractivity contribution in [3.05, 3.63) is 65.4 Å². The topological polar surface area (TPSA) is 63.6 Å². The molecule has 3 aromatic heterocycles. The van der Waals surface area contributed by atoms with Crippen molar-refractivity contribution >= 4 is 5.82 Å². The van der Waals surface area contributed by atoms with Crippen LogP contribution in [-0.4, -0.2) is 19.9 Å². The second-order valence-corrected chi connectivity index (χ2v) is 5.50. The van der Waals surface area contributed by atoms with E-state index >= 15 is 0 Å². The summed E-state index contributed by atoms with van der Waals surface area (Å²) in [6.07, 6.45) is 7.20. The Bertz CT molecular complexity index is 815. The quantitative estimate of drug-likeness (QED) is 0.799. The van der Waals surface area contributed by atoms with Crippen molar-refractivity contribution in [2.45, 2.75) is 27.3 Å². The average Bonchev–Trinajstić information content (AvgIpc) is 2.58. The van der Waals surface area contributed by atoms with E-state index in [1.165, 1.54) is 5.56 Å². The Morgan fingerprint density at radius 2 is 1.78 bits per heavy atom. The van der Waals surface area contributed by atoms with E-state index in [4.69, 9.17) is 0 Å². The fourth-order valence-corrected chi connectivity index (χ4v) is 2.30. The van der Waals surface area contributed by atoms with Gasteiger partial charge in [-0.2, -0.15) is 0 Å². The monoisotopic (exact) mass is 305 g/mol. The van der Waals surface area contributed by atoms with E-state index in [9.17, 15) is 0 Å². The molecule has 0 spiro atoms. The lowest BCUT2D eigenvalue weighted by Crippen LogP contribution is -2.08. The van der Waals surface area contributed by atoms with Gasteiger partial charge in [0.25, 0.3) is 0 Å². The zero-order valence-corrected chi connectivity index (χ0v) is 13.5. The number of pyridine rings is 2. The largest absolute Gasteiger partial charge is 0.366 e. The molecule has 0 aliphatic heterocycles. The van der Waals surface area contributed by atoms with Crippen LogP contribution in [0.1, 0.15) is 22.4 Å². The Balaban J connectivity index is 1.90. The highest BCUT2D eigenvalue weighted by molar-refractivity contribution is 5.58. The molecule has 3 rings (SSSR count). The van der Waals surface area contributed by atoms with Gasteiger partial charge in [-0.05, 0) is 50.1 Å². The number of rotatable bonds is 4. The number of hydrogen-bond acceptors (Lipinski definition) is 5. The van der Waals surface area contributed by atoms with Gasteiger partial charge in [0.05, 0.1) is 0 Å². The molecule has 3 aromatic rings. The number of hydrogen-bond donors (Lipinski definition) is 1. The molecule has 0 bridgehead atoms. The van der Waals surface area contributed by atoms with Crippen LogP contribution in [0.2, 0.25) is 0 Å². The molecule has 0 saturated carbocycles. The Kier molecular flexibility index (Phi) is 4.28.